The standard InChI is InChI=1S/C9H13NO.C6H14O2/c11-8-3-4-9-7(6-8)2-1-5-10-9;1-4-7-6(3)8-5-2/h1-2,7,9-10H,3-6H2;6H,4-5H2,1-3H3/t7-,9-;/m0./s1. The highest BCUT2D eigenvalue weighted by Gasteiger charge is 2.28. The summed E-state index contributed by atoms with van der Waals surface area (Å²) < 4.78 is 10.1. The molecule has 1 aliphatic carbocycles. The Labute approximate surface area is 116 Å². The Balaban J connectivity index is 0.000000203. The second kappa shape index (κ2) is 9.23. The van der Waals surface area contributed by atoms with Crippen LogP contribution in [0.3, 0.4) is 0 Å². The maximum atomic E-state index is 11.1. The van der Waals surface area contributed by atoms with Crippen molar-refractivity contribution < 1.29 is 14.3 Å². The molecule has 1 saturated carbocycles. The average Bonchev–Trinajstić information content (AvgIpc) is 2.40. The van der Waals surface area contributed by atoms with E-state index in [9.17, 15) is 4.79 Å². The van der Waals surface area contributed by atoms with Gasteiger partial charge in [-0.1, -0.05) is 12.2 Å². The van der Waals surface area contributed by atoms with E-state index in [0.717, 1.165) is 39.0 Å². The first-order valence-electron chi connectivity index (χ1n) is 7.32. The molecule has 0 amide bonds. The Kier molecular flexibility index (Phi) is 7.94. The van der Waals surface area contributed by atoms with E-state index in [4.69, 9.17) is 9.47 Å². The quantitative estimate of drug-likeness (QED) is 0.628. The van der Waals surface area contributed by atoms with E-state index in [1.165, 1.54) is 0 Å². The van der Waals surface area contributed by atoms with Gasteiger partial charge in [0.05, 0.1) is 0 Å². The third kappa shape index (κ3) is 6.32. The molecule has 0 radical (unpaired) electrons. The molecular formula is C15H27NO3. The minimum atomic E-state index is -0.0370. The van der Waals surface area contributed by atoms with Crippen molar-refractivity contribution in [3.05, 3.63) is 12.2 Å². The van der Waals surface area contributed by atoms with Crippen LogP contribution in [0, 0.1) is 5.92 Å². The lowest BCUT2D eigenvalue weighted by Gasteiger charge is -2.31. The van der Waals surface area contributed by atoms with Crippen LogP contribution in [-0.2, 0) is 14.3 Å². The monoisotopic (exact) mass is 269 g/mol. The van der Waals surface area contributed by atoms with Crippen LogP contribution in [0.1, 0.15) is 40.0 Å². The lowest BCUT2D eigenvalue weighted by Crippen LogP contribution is -2.42. The minimum absolute atomic E-state index is 0.0370. The van der Waals surface area contributed by atoms with Crippen molar-refractivity contribution in [3.8, 4) is 0 Å². The number of ether oxygens (including phenoxy) is 2. The van der Waals surface area contributed by atoms with Crippen molar-refractivity contribution in [1.29, 1.82) is 0 Å². The summed E-state index contributed by atoms with van der Waals surface area (Å²) in [7, 11) is 0. The topological polar surface area (TPSA) is 47.6 Å². The zero-order valence-electron chi connectivity index (χ0n) is 12.4. The van der Waals surface area contributed by atoms with Crippen LogP contribution in [-0.4, -0.2) is 37.9 Å². The highest BCUT2D eigenvalue weighted by Crippen LogP contribution is 2.24. The fourth-order valence-electron chi connectivity index (χ4n) is 2.47. The molecule has 0 unspecified atom stereocenters. The molecule has 0 saturated heterocycles. The average molecular weight is 269 g/mol. The largest absolute Gasteiger partial charge is 0.353 e. The number of Topliss-reactive ketones (excluding diaryl/α,β-unsaturated/α-hetero) is 1. The Bertz CT molecular complexity index is 285. The number of hydrogen-bond acceptors (Lipinski definition) is 4. The van der Waals surface area contributed by atoms with Crippen LogP contribution in [0.2, 0.25) is 0 Å². The summed E-state index contributed by atoms with van der Waals surface area (Å²) in [6, 6.07) is 0.581. The molecule has 19 heavy (non-hydrogen) atoms. The van der Waals surface area contributed by atoms with Crippen molar-refractivity contribution in [2.45, 2.75) is 52.4 Å². The van der Waals surface area contributed by atoms with Crippen LogP contribution in [0.25, 0.3) is 0 Å². The number of carbonyl (C=O) groups excluding carboxylic acids is 1. The summed E-state index contributed by atoms with van der Waals surface area (Å²) in [5.41, 5.74) is 0. The molecule has 0 spiro atoms. The number of nitrogens with one attached hydrogen (secondary N) is 1. The van der Waals surface area contributed by atoms with Crippen molar-refractivity contribution >= 4 is 5.78 Å². The van der Waals surface area contributed by atoms with Gasteiger partial charge < -0.3 is 14.8 Å². The van der Waals surface area contributed by atoms with E-state index >= 15 is 0 Å². The number of ketones is 1. The van der Waals surface area contributed by atoms with Crippen LogP contribution >= 0.6 is 0 Å². The van der Waals surface area contributed by atoms with Gasteiger partial charge in [0.1, 0.15) is 5.78 Å². The summed E-state index contributed by atoms with van der Waals surface area (Å²) in [6.45, 7) is 8.23. The van der Waals surface area contributed by atoms with Gasteiger partial charge in [-0.3, -0.25) is 4.79 Å². The Morgan fingerprint density at radius 1 is 1.37 bits per heavy atom. The predicted molar refractivity (Wildman–Crippen MR) is 76.0 cm³/mol. The van der Waals surface area contributed by atoms with E-state index in [1.54, 1.807) is 0 Å². The molecule has 1 heterocycles. The van der Waals surface area contributed by atoms with E-state index in [0.29, 0.717) is 17.7 Å². The first-order valence-corrected chi connectivity index (χ1v) is 7.32. The highest BCUT2D eigenvalue weighted by atomic mass is 16.7. The maximum absolute atomic E-state index is 11.1. The third-order valence-electron chi connectivity index (χ3n) is 3.40. The SMILES string of the molecule is CCOC(C)OCC.O=C1CC[C@@H]2NCC=C[C@H]2C1. The Hall–Kier alpha value is -0.710. The van der Waals surface area contributed by atoms with Gasteiger partial charge in [-0.25, -0.2) is 0 Å². The minimum Gasteiger partial charge on any atom is -0.353 e. The number of fused-ring (bicyclic) bond motifs is 1. The molecule has 2 rings (SSSR count). The zero-order chi connectivity index (χ0) is 14.1. The van der Waals surface area contributed by atoms with Crippen molar-refractivity contribution in [2.24, 2.45) is 5.92 Å². The second-order valence-electron chi connectivity index (χ2n) is 4.87. The maximum Gasteiger partial charge on any atom is 0.154 e. The van der Waals surface area contributed by atoms with Gasteiger partial charge >= 0.3 is 0 Å². The van der Waals surface area contributed by atoms with Crippen LogP contribution in [0.4, 0.5) is 0 Å². The second-order valence-corrected chi connectivity index (χ2v) is 4.87. The van der Waals surface area contributed by atoms with Crippen LogP contribution in [0.5, 0.6) is 0 Å². The molecule has 0 bridgehead atoms. The number of carbonyl (C=O) groups is 1. The molecule has 110 valence electrons. The van der Waals surface area contributed by atoms with Crippen molar-refractivity contribution in [1.82, 2.24) is 5.32 Å². The third-order valence-corrected chi connectivity index (χ3v) is 3.40. The van der Waals surface area contributed by atoms with Crippen molar-refractivity contribution in [2.75, 3.05) is 19.8 Å². The fourth-order valence-corrected chi connectivity index (χ4v) is 2.47. The predicted octanol–water partition coefficient (Wildman–Crippen LogP) is 2.29. The molecule has 0 aromatic heterocycles. The molecule has 4 nitrogen and oxygen atoms in total. The smallest absolute Gasteiger partial charge is 0.154 e. The first-order chi connectivity index (χ1) is 9.17. The molecule has 1 N–H and O–H groups in total. The molecule has 2 aliphatic rings. The number of rotatable bonds is 4. The normalized spacial score (nSPS) is 25.8. The van der Waals surface area contributed by atoms with E-state index in [1.807, 2.05) is 20.8 Å². The van der Waals surface area contributed by atoms with Crippen molar-refractivity contribution in [3.63, 3.8) is 0 Å². The summed E-state index contributed by atoms with van der Waals surface area (Å²) in [6.07, 6.45) is 6.85. The first kappa shape index (κ1) is 16.3. The van der Waals surface area contributed by atoms with Gasteiger partial charge in [0.25, 0.3) is 0 Å². The van der Waals surface area contributed by atoms with Gasteiger partial charge in [0.2, 0.25) is 0 Å². The van der Waals surface area contributed by atoms with E-state index in [-0.39, 0.29) is 6.29 Å². The van der Waals surface area contributed by atoms with Crippen LogP contribution < -0.4 is 5.32 Å². The molecule has 2 atom stereocenters. The summed E-state index contributed by atoms with van der Waals surface area (Å²) >= 11 is 0. The lowest BCUT2D eigenvalue weighted by molar-refractivity contribution is -0.123. The van der Waals surface area contributed by atoms with Crippen LogP contribution in [0.15, 0.2) is 12.2 Å². The molecule has 1 fully saturated rings. The van der Waals surface area contributed by atoms with Gasteiger partial charge in [-0.15, -0.1) is 0 Å². The highest BCUT2D eigenvalue weighted by molar-refractivity contribution is 5.79. The van der Waals surface area contributed by atoms with Gasteiger partial charge in [-0.05, 0) is 33.1 Å². The molecule has 4 heteroatoms. The van der Waals surface area contributed by atoms with Gasteiger partial charge in [0.15, 0.2) is 6.29 Å². The fraction of sp³-hybridized carbons (Fsp3) is 0.800. The van der Waals surface area contributed by atoms with E-state index in [2.05, 4.69) is 17.5 Å². The number of hydrogen-bond donors (Lipinski definition) is 1. The zero-order valence-corrected chi connectivity index (χ0v) is 12.4. The van der Waals surface area contributed by atoms with E-state index < -0.39 is 0 Å². The molecule has 0 aromatic carbocycles. The molecular weight excluding hydrogens is 242 g/mol. The van der Waals surface area contributed by atoms with Gasteiger partial charge in [-0.2, -0.15) is 0 Å². The Morgan fingerprint density at radius 3 is 2.68 bits per heavy atom. The lowest BCUT2D eigenvalue weighted by atomic mass is 9.82. The summed E-state index contributed by atoms with van der Waals surface area (Å²) in [4.78, 5) is 11.1. The summed E-state index contributed by atoms with van der Waals surface area (Å²) in [5, 5.41) is 3.40. The molecule has 1 aliphatic heterocycles. The molecule has 0 aromatic rings. The summed E-state index contributed by atoms with van der Waals surface area (Å²) in [5.74, 6) is 0.921. The van der Waals surface area contributed by atoms with Gasteiger partial charge in [0, 0.05) is 38.6 Å². The Morgan fingerprint density at radius 2 is 2.05 bits per heavy atom.